The van der Waals surface area contributed by atoms with E-state index in [1.165, 1.54) is 5.69 Å². The van der Waals surface area contributed by atoms with Crippen molar-refractivity contribution in [2.45, 2.75) is 6.10 Å². The molecule has 0 bridgehead atoms. The summed E-state index contributed by atoms with van der Waals surface area (Å²) in [5.74, 6) is 0.618. The van der Waals surface area contributed by atoms with E-state index in [9.17, 15) is 5.11 Å². The highest BCUT2D eigenvalue weighted by Crippen LogP contribution is 2.23. The average molecular weight is 347 g/mol. The van der Waals surface area contributed by atoms with Gasteiger partial charge in [0.05, 0.1) is 5.02 Å². The SMILES string of the molecule is OC(COc1ccccc1Cl)CN1CCN(c2ccccc2)CC1. The number of piperazine rings is 1. The van der Waals surface area contributed by atoms with Crippen LogP contribution in [0.15, 0.2) is 54.6 Å². The third-order valence-electron chi connectivity index (χ3n) is 4.23. The van der Waals surface area contributed by atoms with Crippen LogP contribution in [0.5, 0.6) is 5.75 Å². The zero-order valence-corrected chi connectivity index (χ0v) is 14.4. The topological polar surface area (TPSA) is 35.9 Å². The number of ether oxygens (including phenoxy) is 1. The van der Waals surface area contributed by atoms with E-state index >= 15 is 0 Å². The second-order valence-corrected chi connectivity index (χ2v) is 6.43. The van der Waals surface area contributed by atoms with Gasteiger partial charge in [0.2, 0.25) is 0 Å². The zero-order chi connectivity index (χ0) is 16.8. The molecular formula is C19H23ClN2O2. The second-order valence-electron chi connectivity index (χ2n) is 6.02. The van der Waals surface area contributed by atoms with Crippen LogP contribution in [0.2, 0.25) is 5.02 Å². The van der Waals surface area contributed by atoms with Crippen molar-refractivity contribution >= 4 is 17.3 Å². The van der Waals surface area contributed by atoms with E-state index in [0.717, 1.165) is 26.2 Å². The van der Waals surface area contributed by atoms with Crippen LogP contribution in [0.25, 0.3) is 0 Å². The number of β-amino-alcohol motifs (C(OH)–C–C–N with tert-alkyl or cyclic N) is 1. The van der Waals surface area contributed by atoms with E-state index in [1.54, 1.807) is 6.07 Å². The van der Waals surface area contributed by atoms with E-state index in [1.807, 2.05) is 24.3 Å². The molecule has 1 atom stereocenters. The lowest BCUT2D eigenvalue weighted by Gasteiger charge is -2.36. The van der Waals surface area contributed by atoms with Crippen molar-refractivity contribution in [3.63, 3.8) is 0 Å². The van der Waals surface area contributed by atoms with E-state index in [2.05, 4.69) is 34.1 Å². The lowest BCUT2D eigenvalue weighted by atomic mass is 10.2. The number of hydrogen-bond acceptors (Lipinski definition) is 4. The van der Waals surface area contributed by atoms with Gasteiger partial charge in [-0.25, -0.2) is 0 Å². The minimum Gasteiger partial charge on any atom is -0.489 e. The molecule has 1 heterocycles. The van der Waals surface area contributed by atoms with Gasteiger partial charge in [0.1, 0.15) is 18.5 Å². The Kier molecular flexibility index (Phi) is 5.96. The third-order valence-corrected chi connectivity index (χ3v) is 4.54. The summed E-state index contributed by atoms with van der Waals surface area (Å²) in [4.78, 5) is 4.66. The standard InChI is InChI=1S/C19H23ClN2O2/c20-18-8-4-5-9-19(18)24-15-17(23)14-21-10-12-22(13-11-21)16-6-2-1-3-7-16/h1-9,17,23H,10-15H2. The van der Waals surface area contributed by atoms with Crippen molar-refractivity contribution in [3.8, 4) is 5.75 Å². The summed E-state index contributed by atoms with van der Waals surface area (Å²) in [7, 11) is 0. The van der Waals surface area contributed by atoms with Gasteiger partial charge in [-0.2, -0.15) is 0 Å². The molecule has 2 aromatic rings. The molecule has 128 valence electrons. The fourth-order valence-electron chi connectivity index (χ4n) is 2.93. The summed E-state index contributed by atoms with van der Waals surface area (Å²) in [5, 5.41) is 10.8. The number of nitrogens with zero attached hydrogens (tertiary/aromatic N) is 2. The number of benzene rings is 2. The van der Waals surface area contributed by atoms with Crippen LogP contribution in [0.3, 0.4) is 0 Å². The van der Waals surface area contributed by atoms with Gasteiger partial charge in [0.25, 0.3) is 0 Å². The Labute approximate surface area is 148 Å². The molecule has 0 amide bonds. The average Bonchev–Trinajstić information content (AvgIpc) is 2.62. The Hall–Kier alpha value is -1.75. The summed E-state index contributed by atoms with van der Waals surface area (Å²) in [6.45, 7) is 4.70. The Morgan fingerprint density at radius 3 is 2.33 bits per heavy atom. The largest absolute Gasteiger partial charge is 0.489 e. The molecule has 1 aliphatic heterocycles. The molecule has 1 fully saturated rings. The monoisotopic (exact) mass is 346 g/mol. The zero-order valence-electron chi connectivity index (χ0n) is 13.6. The summed E-state index contributed by atoms with van der Waals surface area (Å²) in [5.41, 5.74) is 1.26. The first kappa shape index (κ1) is 17.1. The maximum Gasteiger partial charge on any atom is 0.138 e. The van der Waals surface area contributed by atoms with Gasteiger partial charge in [-0.15, -0.1) is 0 Å². The van der Waals surface area contributed by atoms with Crippen LogP contribution < -0.4 is 9.64 Å². The van der Waals surface area contributed by atoms with Crippen molar-refractivity contribution < 1.29 is 9.84 Å². The summed E-state index contributed by atoms with van der Waals surface area (Å²) in [6.07, 6.45) is -0.524. The Balaban J connectivity index is 1.42. The van der Waals surface area contributed by atoms with Crippen LogP contribution in [-0.2, 0) is 0 Å². The van der Waals surface area contributed by atoms with E-state index < -0.39 is 6.10 Å². The van der Waals surface area contributed by atoms with Crippen molar-refractivity contribution in [1.29, 1.82) is 0 Å². The first-order valence-electron chi connectivity index (χ1n) is 8.30. The van der Waals surface area contributed by atoms with Crippen LogP contribution in [0.1, 0.15) is 0 Å². The van der Waals surface area contributed by atoms with Crippen molar-refractivity contribution in [1.82, 2.24) is 4.90 Å². The molecule has 1 aliphatic rings. The van der Waals surface area contributed by atoms with Crippen molar-refractivity contribution in [3.05, 3.63) is 59.6 Å². The number of aliphatic hydroxyl groups excluding tert-OH is 1. The predicted molar refractivity (Wildman–Crippen MR) is 98.0 cm³/mol. The van der Waals surface area contributed by atoms with Gasteiger partial charge in [-0.3, -0.25) is 4.90 Å². The molecule has 0 radical (unpaired) electrons. The smallest absolute Gasteiger partial charge is 0.138 e. The first-order chi connectivity index (χ1) is 11.7. The van der Waals surface area contributed by atoms with Crippen molar-refractivity contribution in [2.75, 3.05) is 44.2 Å². The summed E-state index contributed by atoms with van der Waals surface area (Å²) < 4.78 is 5.61. The number of hydrogen-bond donors (Lipinski definition) is 1. The minimum atomic E-state index is -0.524. The maximum atomic E-state index is 10.2. The fourth-order valence-corrected chi connectivity index (χ4v) is 3.12. The Morgan fingerprint density at radius 2 is 1.62 bits per heavy atom. The Bertz CT molecular complexity index is 630. The Morgan fingerprint density at radius 1 is 0.958 bits per heavy atom. The molecule has 5 heteroatoms. The molecular weight excluding hydrogens is 324 g/mol. The first-order valence-corrected chi connectivity index (χ1v) is 8.68. The van der Waals surface area contributed by atoms with Gasteiger partial charge >= 0.3 is 0 Å². The lowest BCUT2D eigenvalue weighted by molar-refractivity contribution is 0.0663. The summed E-state index contributed by atoms with van der Waals surface area (Å²) in [6, 6.07) is 17.8. The van der Waals surface area contributed by atoms with E-state index in [4.69, 9.17) is 16.3 Å². The van der Waals surface area contributed by atoms with Gasteiger partial charge in [0.15, 0.2) is 0 Å². The van der Waals surface area contributed by atoms with Crippen LogP contribution in [-0.4, -0.2) is 55.4 Å². The van der Waals surface area contributed by atoms with Crippen LogP contribution in [0.4, 0.5) is 5.69 Å². The highest BCUT2D eigenvalue weighted by Gasteiger charge is 2.19. The molecule has 24 heavy (non-hydrogen) atoms. The third kappa shape index (κ3) is 4.63. The molecule has 3 rings (SSSR count). The molecule has 4 nitrogen and oxygen atoms in total. The molecule has 1 N–H and O–H groups in total. The minimum absolute atomic E-state index is 0.253. The maximum absolute atomic E-state index is 10.2. The van der Waals surface area contributed by atoms with Crippen molar-refractivity contribution in [2.24, 2.45) is 0 Å². The quantitative estimate of drug-likeness (QED) is 0.872. The van der Waals surface area contributed by atoms with Gasteiger partial charge in [-0.1, -0.05) is 41.9 Å². The van der Waals surface area contributed by atoms with Gasteiger partial charge in [0, 0.05) is 38.4 Å². The molecule has 0 aliphatic carbocycles. The van der Waals surface area contributed by atoms with Crippen LogP contribution >= 0.6 is 11.6 Å². The predicted octanol–water partition coefficient (Wildman–Crippen LogP) is 2.90. The highest BCUT2D eigenvalue weighted by molar-refractivity contribution is 6.32. The second kappa shape index (κ2) is 8.38. The van der Waals surface area contributed by atoms with Gasteiger partial charge < -0.3 is 14.7 Å². The van der Waals surface area contributed by atoms with Crippen LogP contribution in [0, 0.1) is 0 Å². The molecule has 0 saturated carbocycles. The normalized spacial score (nSPS) is 16.8. The molecule has 1 unspecified atom stereocenters. The summed E-state index contributed by atoms with van der Waals surface area (Å²) >= 11 is 6.05. The highest BCUT2D eigenvalue weighted by atomic mass is 35.5. The number of anilines is 1. The van der Waals surface area contributed by atoms with E-state index in [-0.39, 0.29) is 6.61 Å². The van der Waals surface area contributed by atoms with Gasteiger partial charge in [-0.05, 0) is 24.3 Å². The molecule has 2 aromatic carbocycles. The lowest BCUT2D eigenvalue weighted by Crippen LogP contribution is -2.49. The number of aliphatic hydroxyl groups is 1. The van der Waals surface area contributed by atoms with E-state index in [0.29, 0.717) is 17.3 Å². The number of para-hydroxylation sites is 2. The number of halogens is 1. The molecule has 1 saturated heterocycles. The molecule has 0 spiro atoms. The fraction of sp³-hybridized carbons (Fsp3) is 0.368. The molecule has 0 aromatic heterocycles. The number of rotatable bonds is 6.